The van der Waals surface area contributed by atoms with E-state index in [4.69, 9.17) is 4.98 Å². The van der Waals surface area contributed by atoms with Crippen LogP contribution >= 0.6 is 11.3 Å². The summed E-state index contributed by atoms with van der Waals surface area (Å²) in [5.41, 5.74) is 6.08. The SMILES string of the molecule is C=S(=O)(c1ccc(C)c(-c2cc3cnc(Nc4ccc(NC5CCN(C)CC5)cc4)nc3n(C(C)C)c2=O)c1)c1cncs1. The number of aryl methyl sites for hydroxylation is 1. The fraction of sp³-hybridized carbons (Fsp3) is 0.303. The molecule has 1 fully saturated rings. The van der Waals surface area contributed by atoms with Gasteiger partial charge in [0.1, 0.15) is 9.86 Å². The molecule has 9 nitrogen and oxygen atoms in total. The zero-order valence-corrected chi connectivity index (χ0v) is 27.0. The summed E-state index contributed by atoms with van der Waals surface area (Å²) in [5.74, 6) is 4.44. The Balaban J connectivity index is 1.31. The van der Waals surface area contributed by atoms with Crippen LogP contribution in [0.2, 0.25) is 0 Å². The number of aromatic nitrogens is 4. The molecule has 1 aliphatic heterocycles. The van der Waals surface area contributed by atoms with Crippen LogP contribution in [0.15, 0.2) is 80.3 Å². The van der Waals surface area contributed by atoms with Gasteiger partial charge in [0.05, 0.1) is 11.7 Å². The summed E-state index contributed by atoms with van der Waals surface area (Å²) in [6.07, 6.45) is 5.60. The molecule has 44 heavy (non-hydrogen) atoms. The molecule has 0 amide bonds. The Morgan fingerprint density at radius 1 is 1.02 bits per heavy atom. The van der Waals surface area contributed by atoms with Crippen molar-refractivity contribution in [2.45, 2.75) is 54.8 Å². The Hall–Kier alpha value is -4.06. The van der Waals surface area contributed by atoms with Crippen molar-refractivity contribution in [3.05, 3.63) is 82.4 Å². The molecule has 0 aliphatic carbocycles. The molecule has 11 heteroatoms. The van der Waals surface area contributed by atoms with Crippen LogP contribution in [-0.4, -0.2) is 60.7 Å². The maximum absolute atomic E-state index is 14.0. The molecule has 6 rings (SSSR count). The van der Waals surface area contributed by atoms with Gasteiger partial charge in [0.15, 0.2) is 0 Å². The highest BCUT2D eigenvalue weighted by molar-refractivity contribution is 8.02. The van der Waals surface area contributed by atoms with Crippen LogP contribution in [0.25, 0.3) is 22.2 Å². The lowest BCUT2D eigenvalue weighted by Crippen LogP contribution is -2.36. The average Bonchev–Trinajstić information content (AvgIpc) is 3.56. The molecule has 228 valence electrons. The number of pyridine rings is 1. The van der Waals surface area contributed by atoms with Gasteiger partial charge in [-0.2, -0.15) is 4.98 Å². The van der Waals surface area contributed by atoms with Gasteiger partial charge < -0.3 is 15.5 Å². The summed E-state index contributed by atoms with van der Waals surface area (Å²) in [5, 5.41) is 7.67. The lowest BCUT2D eigenvalue weighted by molar-refractivity contribution is 0.264. The van der Waals surface area contributed by atoms with Crippen molar-refractivity contribution in [3.63, 3.8) is 0 Å². The van der Waals surface area contributed by atoms with Crippen LogP contribution < -0.4 is 16.2 Å². The zero-order chi connectivity index (χ0) is 31.0. The van der Waals surface area contributed by atoms with Crippen molar-refractivity contribution in [3.8, 4) is 11.1 Å². The molecule has 0 saturated carbocycles. The molecular weight excluding hydrogens is 591 g/mol. The fourth-order valence-electron chi connectivity index (χ4n) is 5.60. The molecule has 1 saturated heterocycles. The first-order valence-electron chi connectivity index (χ1n) is 14.7. The van der Waals surface area contributed by atoms with E-state index < -0.39 is 9.52 Å². The number of benzene rings is 2. The van der Waals surface area contributed by atoms with Gasteiger partial charge in [0, 0.05) is 55.0 Å². The molecule has 3 aromatic heterocycles. The quantitative estimate of drug-likeness (QED) is 0.196. The smallest absolute Gasteiger partial charge is 0.260 e. The first kappa shape index (κ1) is 30.0. The molecule has 0 radical (unpaired) electrons. The van der Waals surface area contributed by atoms with Crippen LogP contribution in [0.3, 0.4) is 0 Å². The lowest BCUT2D eigenvalue weighted by Gasteiger charge is -2.30. The molecule has 2 N–H and O–H groups in total. The third kappa shape index (κ3) is 5.99. The number of hydrogen-bond donors (Lipinski definition) is 2. The van der Waals surface area contributed by atoms with Crippen LogP contribution in [0.1, 0.15) is 38.3 Å². The maximum Gasteiger partial charge on any atom is 0.260 e. The normalized spacial score (nSPS) is 15.8. The molecule has 4 heterocycles. The first-order chi connectivity index (χ1) is 21.1. The molecule has 1 atom stereocenters. The van der Waals surface area contributed by atoms with Crippen LogP contribution in [0, 0.1) is 6.92 Å². The summed E-state index contributed by atoms with van der Waals surface area (Å²) < 4.78 is 16.0. The predicted molar refractivity (Wildman–Crippen MR) is 182 cm³/mol. The second-order valence-electron chi connectivity index (χ2n) is 11.7. The monoisotopic (exact) mass is 627 g/mol. The molecular formula is C33H37N7O2S2. The summed E-state index contributed by atoms with van der Waals surface area (Å²) in [4.78, 5) is 30.4. The summed E-state index contributed by atoms with van der Waals surface area (Å²) >= 11 is 1.31. The Morgan fingerprint density at radius 2 is 1.75 bits per heavy atom. The van der Waals surface area contributed by atoms with E-state index in [9.17, 15) is 9.00 Å². The van der Waals surface area contributed by atoms with Gasteiger partial charge in [-0.05, 0) is 113 Å². The van der Waals surface area contributed by atoms with Gasteiger partial charge in [-0.25, -0.2) is 4.98 Å². The Bertz CT molecular complexity index is 1960. The van der Waals surface area contributed by atoms with Crippen molar-refractivity contribution in [2.75, 3.05) is 30.8 Å². The van der Waals surface area contributed by atoms with Crippen molar-refractivity contribution in [2.24, 2.45) is 0 Å². The first-order valence-corrected chi connectivity index (χ1v) is 17.3. The average molecular weight is 628 g/mol. The van der Waals surface area contributed by atoms with Gasteiger partial charge >= 0.3 is 0 Å². The van der Waals surface area contributed by atoms with Crippen LogP contribution in [-0.2, 0) is 9.52 Å². The Kier molecular flexibility index (Phi) is 8.28. The van der Waals surface area contributed by atoms with E-state index in [0.717, 1.165) is 48.3 Å². The maximum atomic E-state index is 14.0. The molecule has 1 unspecified atom stereocenters. The van der Waals surface area contributed by atoms with Gasteiger partial charge in [-0.1, -0.05) is 6.07 Å². The number of rotatable bonds is 8. The second kappa shape index (κ2) is 12.1. The summed E-state index contributed by atoms with van der Waals surface area (Å²) in [6, 6.07) is 15.8. The number of fused-ring (bicyclic) bond motifs is 1. The van der Waals surface area contributed by atoms with Crippen molar-refractivity contribution in [1.29, 1.82) is 0 Å². The molecule has 1 aliphatic rings. The van der Waals surface area contributed by atoms with Crippen LogP contribution in [0.5, 0.6) is 0 Å². The minimum atomic E-state index is -2.76. The third-order valence-electron chi connectivity index (χ3n) is 8.13. The zero-order valence-electron chi connectivity index (χ0n) is 25.4. The Morgan fingerprint density at radius 3 is 2.43 bits per heavy atom. The molecule has 2 aromatic carbocycles. The number of piperidine rings is 1. The van der Waals surface area contributed by atoms with Crippen molar-refractivity contribution < 1.29 is 4.21 Å². The fourth-order valence-corrected chi connectivity index (χ4v) is 8.05. The number of thiazole rings is 1. The van der Waals surface area contributed by atoms with E-state index in [1.54, 1.807) is 22.5 Å². The number of anilines is 3. The highest BCUT2D eigenvalue weighted by Gasteiger charge is 2.20. The van der Waals surface area contributed by atoms with Gasteiger partial charge in [-0.15, -0.1) is 11.3 Å². The van der Waals surface area contributed by atoms with E-state index >= 15 is 0 Å². The minimum absolute atomic E-state index is 0.157. The number of nitrogens with one attached hydrogen (secondary N) is 2. The van der Waals surface area contributed by atoms with E-state index in [0.29, 0.717) is 37.9 Å². The molecule has 5 aromatic rings. The topological polar surface area (TPSA) is 105 Å². The highest BCUT2D eigenvalue weighted by Crippen LogP contribution is 2.31. The van der Waals surface area contributed by atoms with E-state index in [2.05, 4.69) is 50.6 Å². The van der Waals surface area contributed by atoms with Crippen LogP contribution in [0.4, 0.5) is 17.3 Å². The van der Waals surface area contributed by atoms with E-state index in [1.165, 1.54) is 11.3 Å². The minimum Gasteiger partial charge on any atom is -0.382 e. The van der Waals surface area contributed by atoms with Crippen molar-refractivity contribution >= 4 is 55.1 Å². The standard InChI is InChI=1S/C33H37N7O2S2/c1-21(2)40-31-23(16-29(32(40)41)28-17-27(11-6-22(28)3)44(5,42)30-19-34-20-43-30)18-35-33(38-31)37-25-9-7-24(8-10-25)36-26-12-14-39(4)15-13-26/h6-11,16-21,26,36H,5,12-15H2,1-4H3,(H,35,37,38). The van der Waals surface area contributed by atoms with Gasteiger partial charge in [0.25, 0.3) is 5.56 Å². The van der Waals surface area contributed by atoms with Crippen molar-refractivity contribution in [1.82, 2.24) is 24.4 Å². The lowest BCUT2D eigenvalue weighted by atomic mass is 10.0. The Labute approximate surface area is 262 Å². The van der Waals surface area contributed by atoms with Gasteiger partial charge in [0.2, 0.25) is 5.95 Å². The third-order valence-corrected chi connectivity index (χ3v) is 11.6. The van der Waals surface area contributed by atoms with E-state index in [-0.39, 0.29) is 11.6 Å². The highest BCUT2D eigenvalue weighted by atomic mass is 32.2. The number of likely N-dealkylation sites (tertiary alicyclic amines) is 1. The van der Waals surface area contributed by atoms with E-state index in [1.807, 2.05) is 57.2 Å². The largest absolute Gasteiger partial charge is 0.382 e. The van der Waals surface area contributed by atoms with Gasteiger partial charge in [-0.3, -0.25) is 18.6 Å². The second-order valence-corrected chi connectivity index (χ2v) is 15.1. The summed E-state index contributed by atoms with van der Waals surface area (Å²) in [7, 11) is -0.598. The number of hydrogen-bond acceptors (Lipinski definition) is 9. The predicted octanol–water partition coefficient (Wildman–Crippen LogP) is 6.19. The molecule has 0 spiro atoms. The molecule has 0 bridgehead atoms. The summed E-state index contributed by atoms with van der Waals surface area (Å²) in [6.45, 7) is 8.09. The number of nitrogens with zero attached hydrogens (tertiary/aromatic N) is 5.